The summed E-state index contributed by atoms with van der Waals surface area (Å²) in [5.74, 6) is -0.795. The lowest BCUT2D eigenvalue weighted by Crippen LogP contribution is -2.12. The molecule has 7 nitrogen and oxygen atoms in total. The maximum absolute atomic E-state index is 12.7. The van der Waals surface area contributed by atoms with Crippen LogP contribution in [0.25, 0.3) is 0 Å². The van der Waals surface area contributed by atoms with Gasteiger partial charge < -0.3 is 4.74 Å². The van der Waals surface area contributed by atoms with Crippen LogP contribution in [-0.2, 0) is 16.0 Å². The van der Waals surface area contributed by atoms with Gasteiger partial charge in [0, 0.05) is 6.20 Å². The minimum Gasteiger partial charge on any atom is -0.466 e. The third kappa shape index (κ3) is 3.23. The number of hydrogen-bond donors (Lipinski definition) is 0. The molecule has 0 spiro atoms. The number of carbonyl (C=O) groups is 1. The fraction of sp³-hybridized carbons (Fsp3) is 0.364. The van der Waals surface area contributed by atoms with E-state index in [0.29, 0.717) is 6.20 Å². The van der Waals surface area contributed by atoms with Crippen molar-refractivity contribution in [3.63, 3.8) is 0 Å². The fourth-order valence-electron chi connectivity index (χ4n) is 1.51. The second-order valence-electron chi connectivity index (χ2n) is 3.54. The van der Waals surface area contributed by atoms with Crippen molar-refractivity contribution < 1.29 is 23.2 Å². The number of rotatable bonds is 5. The summed E-state index contributed by atoms with van der Waals surface area (Å²) in [5.41, 5.74) is -2.90. The molecule has 106 valence electrons. The minimum absolute atomic E-state index is 0.0624. The summed E-state index contributed by atoms with van der Waals surface area (Å²) < 4.78 is 29.9. The van der Waals surface area contributed by atoms with Crippen LogP contribution in [0.1, 0.15) is 30.2 Å². The van der Waals surface area contributed by atoms with Crippen LogP contribution in [0.3, 0.4) is 0 Å². The number of esters is 1. The molecule has 0 atom stereocenters. The molecule has 9 heteroatoms. The molecule has 0 aromatic carbocycles. The average Bonchev–Trinajstić information content (AvgIpc) is 2.37. The largest absolute Gasteiger partial charge is 0.466 e. The SMILES string of the molecule is CCOC(=O)Cc1ncc(C(F)F)c(C#N)c1[N+](=O)[O-]. The van der Waals surface area contributed by atoms with Crippen LogP contribution in [0, 0.1) is 21.4 Å². The zero-order valence-electron chi connectivity index (χ0n) is 10.3. The summed E-state index contributed by atoms with van der Waals surface area (Å²) in [6.07, 6.45) is -2.99. The van der Waals surface area contributed by atoms with E-state index in [0.717, 1.165) is 0 Å². The Morgan fingerprint density at radius 3 is 2.75 bits per heavy atom. The normalized spacial score (nSPS) is 10.2. The number of hydrogen-bond acceptors (Lipinski definition) is 6. The molecule has 0 fully saturated rings. The van der Waals surface area contributed by atoms with E-state index in [1.165, 1.54) is 6.07 Å². The van der Waals surface area contributed by atoms with Gasteiger partial charge in [-0.2, -0.15) is 5.26 Å². The summed E-state index contributed by atoms with van der Waals surface area (Å²) >= 11 is 0. The van der Waals surface area contributed by atoms with E-state index in [2.05, 4.69) is 9.72 Å². The molecular formula is C11H9F2N3O4. The van der Waals surface area contributed by atoms with Gasteiger partial charge in [-0.3, -0.25) is 19.9 Å². The predicted octanol–water partition coefficient (Wildman–Crippen LogP) is 1.90. The summed E-state index contributed by atoms with van der Waals surface area (Å²) in [7, 11) is 0. The summed E-state index contributed by atoms with van der Waals surface area (Å²) in [5, 5.41) is 19.8. The second-order valence-corrected chi connectivity index (χ2v) is 3.54. The highest BCUT2D eigenvalue weighted by atomic mass is 19.3. The van der Waals surface area contributed by atoms with E-state index in [1.54, 1.807) is 6.92 Å². The van der Waals surface area contributed by atoms with Crippen molar-refractivity contribution in [2.45, 2.75) is 19.8 Å². The molecule has 0 unspecified atom stereocenters. The van der Waals surface area contributed by atoms with Crippen LogP contribution < -0.4 is 0 Å². The van der Waals surface area contributed by atoms with Crippen LogP contribution in [0.15, 0.2) is 6.20 Å². The number of ether oxygens (including phenoxy) is 1. The van der Waals surface area contributed by atoms with Crippen LogP contribution in [0.2, 0.25) is 0 Å². The predicted molar refractivity (Wildman–Crippen MR) is 60.9 cm³/mol. The number of nitro groups is 1. The first-order chi connectivity index (χ1) is 9.42. The second kappa shape index (κ2) is 6.51. The number of carbonyl (C=O) groups excluding carboxylic acids is 1. The number of nitriles is 1. The van der Waals surface area contributed by atoms with Crippen molar-refractivity contribution >= 4 is 11.7 Å². The minimum atomic E-state index is -3.08. The molecule has 0 saturated heterocycles. The number of alkyl halides is 2. The van der Waals surface area contributed by atoms with E-state index >= 15 is 0 Å². The van der Waals surface area contributed by atoms with Gasteiger partial charge in [0.1, 0.15) is 17.3 Å². The van der Waals surface area contributed by atoms with Crippen molar-refractivity contribution in [1.29, 1.82) is 5.26 Å². The Kier molecular flexibility index (Phi) is 5.02. The number of nitrogens with zero attached hydrogens (tertiary/aromatic N) is 3. The van der Waals surface area contributed by atoms with E-state index in [-0.39, 0.29) is 12.3 Å². The first-order valence-corrected chi connectivity index (χ1v) is 5.42. The first-order valence-electron chi connectivity index (χ1n) is 5.42. The molecule has 0 amide bonds. The van der Waals surface area contributed by atoms with Crippen molar-refractivity contribution in [3.05, 3.63) is 33.1 Å². The zero-order valence-corrected chi connectivity index (χ0v) is 10.3. The van der Waals surface area contributed by atoms with Crippen LogP contribution >= 0.6 is 0 Å². The first kappa shape index (κ1) is 15.4. The van der Waals surface area contributed by atoms with Gasteiger partial charge in [0.05, 0.1) is 23.5 Å². The maximum atomic E-state index is 12.7. The molecule has 0 aliphatic rings. The lowest BCUT2D eigenvalue weighted by Gasteiger charge is -2.07. The third-order valence-corrected chi connectivity index (χ3v) is 2.30. The Morgan fingerprint density at radius 2 is 2.30 bits per heavy atom. The molecule has 20 heavy (non-hydrogen) atoms. The highest BCUT2D eigenvalue weighted by Gasteiger charge is 2.29. The number of aromatic nitrogens is 1. The summed E-state index contributed by atoms with van der Waals surface area (Å²) in [6.45, 7) is 1.60. The molecule has 0 aliphatic heterocycles. The lowest BCUT2D eigenvalue weighted by atomic mass is 10.1. The Morgan fingerprint density at radius 1 is 1.65 bits per heavy atom. The van der Waals surface area contributed by atoms with Gasteiger partial charge in [0.25, 0.3) is 6.43 Å². The molecule has 0 bridgehead atoms. The highest BCUT2D eigenvalue weighted by Crippen LogP contribution is 2.31. The van der Waals surface area contributed by atoms with Crippen LogP contribution in [-0.4, -0.2) is 22.5 Å². The standard InChI is InChI=1S/C11H9F2N3O4/c1-2-20-9(17)3-8-10(16(18)19)6(4-14)7(5-15-8)11(12)13/h5,11H,2-3H2,1H3. The van der Waals surface area contributed by atoms with Crippen molar-refractivity contribution in [1.82, 2.24) is 4.98 Å². The van der Waals surface area contributed by atoms with E-state index in [9.17, 15) is 23.7 Å². The van der Waals surface area contributed by atoms with Gasteiger partial charge >= 0.3 is 11.7 Å². The lowest BCUT2D eigenvalue weighted by molar-refractivity contribution is -0.386. The highest BCUT2D eigenvalue weighted by molar-refractivity contribution is 5.74. The molecule has 1 aromatic heterocycles. The van der Waals surface area contributed by atoms with Gasteiger partial charge in [0.2, 0.25) is 0 Å². The van der Waals surface area contributed by atoms with Crippen LogP contribution in [0.4, 0.5) is 14.5 Å². The molecular weight excluding hydrogens is 276 g/mol. The van der Waals surface area contributed by atoms with Crippen molar-refractivity contribution in [2.75, 3.05) is 6.61 Å². The zero-order chi connectivity index (χ0) is 15.3. The van der Waals surface area contributed by atoms with E-state index in [1.807, 2.05) is 0 Å². The van der Waals surface area contributed by atoms with Gasteiger partial charge in [-0.1, -0.05) is 0 Å². The summed E-state index contributed by atoms with van der Waals surface area (Å²) in [6, 6.07) is 1.36. The van der Waals surface area contributed by atoms with E-state index < -0.39 is 40.6 Å². The molecule has 0 aliphatic carbocycles. The Hall–Kier alpha value is -2.63. The molecule has 1 heterocycles. The maximum Gasteiger partial charge on any atom is 0.312 e. The topological polar surface area (TPSA) is 106 Å². The molecule has 1 rings (SSSR count). The van der Waals surface area contributed by atoms with Gasteiger partial charge in [-0.25, -0.2) is 8.78 Å². The monoisotopic (exact) mass is 285 g/mol. The molecule has 0 N–H and O–H groups in total. The van der Waals surface area contributed by atoms with Crippen molar-refractivity contribution in [3.8, 4) is 6.07 Å². The quantitative estimate of drug-likeness (QED) is 0.464. The Bertz CT molecular complexity index is 584. The third-order valence-electron chi connectivity index (χ3n) is 2.30. The van der Waals surface area contributed by atoms with Crippen LogP contribution in [0.5, 0.6) is 0 Å². The average molecular weight is 285 g/mol. The molecule has 1 aromatic rings. The van der Waals surface area contributed by atoms with Crippen molar-refractivity contribution in [2.24, 2.45) is 0 Å². The van der Waals surface area contributed by atoms with E-state index in [4.69, 9.17) is 5.26 Å². The smallest absolute Gasteiger partial charge is 0.312 e. The molecule has 0 radical (unpaired) electrons. The Labute approximate surface area is 111 Å². The summed E-state index contributed by atoms with van der Waals surface area (Å²) in [4.78, 5) is 24.7. The number of halogens is 2. The Balaban J connectivity index is 3.37. The van der Waals surface area contributed by atoms with Gasteiger partial charge in [0.15, 0.2) is 0 Å². The number of pyridine rings is 1. The fourth-order valence-corrected chi connectivity index (χ4v) is 1.51. The molecule has 0 saturated carbocycles. The van der Waals surface area contributed by atoms with Gasteiger partial charge in [-0.15, -0.1) is 0 Å². The van der Waals surface area contributed by atoms with Gasteiger partial charge in [-0.05, 0) is 6.92 Å².